The molecule has 450 valence electrons. The Morgan fingerprint density at radius 3 is 1.92 bits per heavy atom. The van der Waals surface area contributed by atoms with E-state index in [1.165, 1.54) is 38.2 Å². The molecule has 2 saturated heterocycles. The highest BCUT2D eigenvalue weighted by atomic mass is 16.7. The highest BCUT2D eigenvalue weighted by molar-refractivity contribution is 5.95. The molecular formula is C64H75NO19. The van der Waals surface area contributed by atoms with Crippen molar-refractivity contribution in [1.29, 1.82) is 0 Å². The minimum Gasteiger partial charge on any atom is -0.497 e. The minimum absolute atomic E-state index is 0.0377. The Balaban J connectivity index is 1.20. The third-order valence-electron chi connectivity index (χ3n) is 17.2. The van der Waals surface area contributed by atoms with Crippen LogP contribution in [0.5, 0.6) is 11.5 Å². The molecule has 2 heterocycles. The summed E-state index contributed by atoms with van der Waals surface area (Å²) < 4.78 is 66.9. The van der Waals surface area contributed by atoms with Crippen LogP contribution < -0.4 is 9.47 Å². The van der Waals surface area contributed by atoms with Gasteiger partial charge in [0.05, 0.1) is 44.0 Å². The van der Waals surface area contributed by atoms with Crippen LogP contribution in [0.25, 0.3) is 0 Å². The van der Waals surface area contributed by atoms with Crippen LogP contribution in [0.2, 0.25) is 0 Å². The van der Waals surface area contributed by atoms with Gasteiger partial charge in [0.25, 0.3) is 0 Å². The Hall–Kier alpha value is -7.52. The SMILES string of the molecule is COc1ccc(C2O[C@@H](C(=O)O[C@H]3C[C@@]4(O)[C@@H](OC(=O)c5ccccc5)[C@@H]5[C@]6(O)CO[C@@H]6C[C@H](OC(=O)OCc6ccccc6)[C@@]5(C)C(=O)C(OC(=O)OCc5ccccc5)C(=C3C)C4(C)C)[C@H](CC(C)C)N2C(=O)OC(C)(C)C)c(OC)c1. The van der Waals surface area contributed by atoms with Crippen molar-refractivity contribution in [3.05, 3.63) is 143 Å². The fourth-order valence-corrected chi connectivity index (χ4v) is 12.9. The Bertz CT molecular complexity index is 3120. The third kappa shape index (κ3) is 11.6. The van der Waals surface area contributed by atoms with Crippen molar-refractivity contribution in [2.75, 3.05) is 20.8 Å². The average Bonchev–Trinajstić information content (AvgIpc) is 0.781. The van der Waals surface area contributed by atoms with Crippen LogP contribution in [0.3, 0.4) is 0 Å². The van der Waals surface area contributed by atoms with Crippen LogP contribution in [-0.2, 0) is 65.4 Å². The summed E-state index contributed by atoms with van der Waals surface area (Å²) in [6, 6.07) is 29.2. The van der Waals surface area contributed by atoms with Gasteiger partial charge in [-0.05, 0) is 93.5 Å². The molecule has 4 fully saturated rings. The molecule has 2 unspecified atom stereocenters. The lowest BCUT2D eigenvalue weighted by atomic mass is 9.44. The lowest BCUT2D eigenvalue weighted by Gasteiger charge is -2.67. The van der Waals surface area contributed by atoms with Crippen LogP contribution in [0.1, 0.15) is 115 Å². The van der Waals surface area contributed by atoms with Gasteiger partial charge in [-0.25, -0.2) is 24.0 Å². The molecule has 84 heavy (non-hydrogen) atoms. The number of esters is 2. The van der Waals surface area contributed by atoms with E-state index in [0.29, 0.717) is 22.4 Å². The van der Waals surface area contributed by atoms with Crippen molar-refractivity contribution in [1.82, 2.24) is 4.90 Å². The molecule has 3 aliphatic carbocycles. The predicted molar refractivity (Wildman–Crippen MR) is 299 cm³/mol. The molecular weight excluding hydrogens is 1090 g/mol. The molecule has 0 aromatic heterocycles. The maximum Gasteiger partial charge on any atom is 0.509 e. The number of ether oxygens (including phenoxy) is 11. The molecule has 20 nitrogen and oxygen atoms in total. The molecule has 2 saturated carbocycles. The van der Waals surface area contributed by atoms with Gasteiger partial charge in [-0.2, -0.15) is 0 Å². The van der Waals surface area contributed by atoms with Gasteiger partial charge in [-0.3, -0.25) is 9.69 Å². The summed E-state index contributed by atoms with van der Waals surface area (Å²) >= 11 is 0. The van der Waals surface area contributed by atoms with Gasteiger partial charge < -0.3 is 62.3 Å². The molecule has 12 atom stereocenters. The van der Waals surface area contributed by atoms with E-state index in [1.807, 2.05) is 13.8 Å². The van der Waals surface area contributed by atoms with Gasteiger partial charge in [0.15, 0.2) is 24.2 Å². The molecule has 4 aromatic rings. The molecule has 9 rings (SSSR count). The van der Waals surface area contributed by atoms with Crippen LogP contribution in [0.15, 0.2) is 120 Å². The molecule has 20 heteroatoms. The number of hydrogen-bond donors (Lipinski definition) is 2. The summed E-state index contributed by atoms with van der Waals surface area (Å²) in [7, 11) is 2.92. The van der Waals surface area contributed by atoms with Gasteiger partial charge >= 0.3 is 30.3 Å². The van der Waals surface area contributed by atoms with Crippen molar-refractivity contribution in [3.8, 4) is 11.5 Å². The Morgan fingerprint density at radius 1 is 0.774 bits per heavy atom. The molecule has 2 aliphatic heterocycles. The minimum atomic E-state index is -2.51. The van der Waals surface area contributed by atoms with E-state index in [1.54, 1.807) is 139 Å². The molecule has 0 spiro atoms. The van der Waals surface area contributed by atoms with Crippen molar-refractivity contribution in [3.63, 3.8) is 0 Å². The number of carbonyl (C=O) groups excluding carboxylic acids is 6. The predicted octanol–water partition coefficient (Wildman–Crippen LogP) is 9.55. The van der Waals surface area contributed by atoms with E-state index in [-0.39, 0.29) is 54.4 Å². The van der Waals surface area contributed by atoms with Crippen molar-refractivity contribution >= 4 is 36.1 Å². The Morgan fingerprint density at radius 2 is 1.37 bits per heavy atom. The lowest BCUT2D eigenvalue weighted by molar-refractivity contribution is -0.344. The summed E-state index contributed by atoms with van der Waals surface area (Å²) in [5.74, 6) is -4.12. The number of rotatable bonds is 15. The zero-order valence-corrected chi connectivity index (χ0v) is 49.2. The van der Waals surface area contributed by atoms with E-state index in [2.05, 4.69) is 0 Å². The second-order valence-corrected chi connectivity index (χ2v) is 24.4. The second-order valence-electron chi connectivity index (χ2n) is 24.4. The molecule has 0 radical (unpaired) electrons. The number of methoxy groups -OCH3 is 2. The number of nitrogens with zero attached hydrogens (tertiary/aromatic N) is 1. The summed E-state index contributed by atoms with van der Waals surface area (Å²) in [4.78, 5) is 91.2. The third-order valence-corrected chi connectivity index (χ3v) is 17.2. The standard InChI is InChI=1S/C64H75NO19/c1-36(2)29-43-49(81-54(65(43)57(69)84-60(4,5)6)42-28-27-41(74-10)30-44(42)75-11)56(68)79-45-32-64(73)53(83-55(67)40-25-19-14-20-26-40)51-62(9,46(31-47-63(51,72)35-78-47)80-58(70)76-33-38-21-15-12-16-22-38)52(66)50(48(37(45)3)61(64,7)8)82-59(71)77-34-39-23-17-13-18-24-39/h12-28,30,36,43,45-47,49-51,53-54,72-73H,29,31-35H2,1-11H3/t43-,45-,46-,47+,49+,50?,51-,53-,54?,62+,63-,64+/m0/s1. The van der Waals surface area contributed by atoms with E-state index >= 15 is 9.59 Å². The molecule has 1 amide bonds. The number of carbonyl (C=O) groups is 6. The summed E-state index contributed by atoms with van der Waals surface area (Å²) in [5, 5.41) is 27.5. The van der Waals surface area contributed by atoms with Crippen molar-refractivity contribution in [2.24, 2.45) is 22.7 Å². The van der Waals surface area contributed by atoms with Crippen molar-refractivity contribution in [2.45, 2.75) is 160 Å². The first kappa shape index (κ1) is 61.1. The normalized spacial score (nSPS) is 29.6. The van der Waals surface area contributed by atoms with Crippen LogP contribution >= 0.6 is 0 Å². The number of fused-ring (bicyclic) bond motifs is 5. The van der Waals surface area contributed by atoms with E-state index in [4.69, 9.17) is 52.1 Å². The lowest BCUT2D eigenvalue weighted by Crippen LogP contribution is -2.81. The molecule has 5 aliphatic rings. The largest absolute Gasteiger partial charge is 0.509 e. The number of amides is 1. The monoisotopic (exact) mass is 1160 g/mol. The summed E-state index contributed by atoms with van der Waals surface area (Å²) in [5.41, 5.74) is -8.03. The van der Waals surface area contributed by atoms with Gasteiger partial charge in [-0.1, -0.05) is 107 Å². The number of hydrogen-bond acceptors (Lipinski definition) is 19. The van der Waals surface area contributed by atoms with Gasteiger partial charge in [0.1, 0.15) is 59.8 Å². The number of ketones is 1. The van der Waals surface area contributed by atoms with Gasteiger partial charge in [-0.15, -0.1) is 0 Å². The highest BCUT2D eigenvalue weighted by Crippen LogP contribution is 2.64. The van der Waals surface area contributed by atoms with E-state index in [0.717, 1.165) is 0 Å². The maximum atomic E-state index is 16.6. The van der Waals surface area contributed by atoms with E-state index < -0.39 is 132 Å². The number of aliphatic hydroxyl groups is 2. The first-order valence-electron chi connectivity index (χ1n) is 28.2. The molecule has 2 N–H and O–H groups in total. The maximum absolute atomic E-state index is 16.6. The van der Waals surface area contributed by atoms with Crippen LogP contribution in [0.4, 0.5) is 14.4 Å². The van der Waals surface area contributed by atoms with Crippen molar-refractivity contribution < 1.29 is 91.1 Å². The topological polar surface area (TPSA) is 248 Å². The number of benzene rings is 4. The summed E-state index contributed by atoms with van der Waals surface area (Å²) in [6.45, 7) is 14.1. The summed E-state index contributed by atoms with van der Waals surface area (Å²) in [6.07, 6.45) is -15.2. The first-order valence-corrected chi connectivity index (χ1v) is 28.2. The molecule has 2 bridgehead atoms. The quantitative estimate of drug-likeness (QED) is 0.0639. The average molecular weight is 1160 g/mol. The van der Waals surface area contributed by atoms with E-state index in [9.17, 15) is 29.4 Å². The molecule has 4 aromatic carbocycles. The zero-order chi connectivity index (χ0) is 60.7. The van der Waals surface area contributed by atoms with Gasteiger partial charge in [0.2, 0.25) is 0 Å². The number of Topliss-reactive ketones (excluding diaryl/α,β-unsaturated/α-hetero) is 1. The zero-order valence-electron chi connectivity index (χ0n) is 49.2. The fraction of sp³-hybridized carbons (Fsp3) is 0.500. The Labute approximate surface area is 488 Å². The fourth-order valence-electron chi connectivity index (χ4n) is 12.9. The second kappa shape index (κ2) is 23.9. The van der Waals surface area contributed by atoms with Gasteiger partial charge in [0, 0.05) is 35.8 Å². The highest BCUT2D eigenvalue weighted by Gasteiger charge is 2.78. The Kier molecular flexibility index (Phi) is 17.3. The van der Waals surface area contributed by atoms with Crippen LogP contribution in [-0.4, -0.2) is 132 Å². The smallest absolute Gasteiger partial charge is 0.497 e. The first-order chi connectivity index (χ1) is 39.7. The van der Waals surface area contributed by atoms with Crippen LogP contribution in [0, 0.1) is 22.7 Å².